The summed E-state index contributed by atoms with van der Waals surface area (Å²) in [5.41, 5.74) is 2.30. The standard InChI is InChI=1S/C27H33N5O5S2/c1-8-37-26(36)20-16(5)22(17(6)33)39-25(20)28-19(34)13-38-27-31-30-23(32(27)7)21(14(2)3)29-24(35)18-11-9-15(4)10-12-18/h9-12,14,21H,8,13H2,1-7H3,(H,28,34)(H,29,35)/t21-/m0/s1. The van der Waals surface area contributed by atoms with E-state index in [2.05, 4.69) is 20.8 Å². The Morgan fingerprint density at radius 2 is 1.77 bits per heavy atom. The molecule has 0 aliphatic carbocycles. The van der Waals surface area contributed by atoms with E-state index in [-0.39, 0.29) is 46.4 Å². The number of ketones is 1. The lowest BCUT2D eigenvalue weighted by molar-refractivity contribution is -0.113. The second-order valence-corrected chi connectivity index (χ2v) is 11.3. The number of thiophene rings is 1. The number of esters is 1. The van der Waals surface area contributed by atoms with Gasteiger partial charge in [0.25, 0.3) is 5.91 Å². The number of amides is 2. The summed E-state index contributed by atoms with van der Waals surface area (Å²) in [5.74, 6) is -0.785. The fourth-order valence-corrected chi connectivity index (χ4v) is 5.69. The molecule has 2 N–H and O–H groups in total. The van der Waals surface area contributed by atoms with Gasteiger partial charge in [-0.25, -0.2) is 4.79 Å². The van der Waals surface area contributed by atoms with Gasteiger partial charge in [0, 0.05) is 12.6 Å². The Kier molecular flexibility index (Phi) is 10.0. The summed E-state index contributed by atoms with van der Waals surface area (Å²) in [5, 5.41) is 15.1. The predicted octanol–water partition coefficient (Wildman–Crippen LogP) is 4.73. The van der Waals surface area contributed by atoms with Gasteiger partial charge < -0.3 is 19.9 Å². The Balaban J connectivity index is 1.72. The van der Waals surface area contributed by atoms with Crippen molar-refractivity contribution in [2.45, 2.75) is 52.7 Å². The van der Waals surface area contributed by atoms with E-state index in [0.29, 0.717) is 27.0 Å². The van der Waals surface area contributed by atoms with E-state index in [0.717, 1.165) is 16.9 Å². The van der Waals surface area contributed by atoms with Crippen LogP contribution in [-0.4, -0.2) is 50.7 Å². The van der Waals surface area contributed by atoms with E-state index < -0.39 is 12.0 Å². The number of Topliss-reactive ketones (excluding diaryl/α,β-unsaturated/α-hetero) is 1. The van der Waals surface area contributed by atoms with Crippen LogP contribution in [0.15, 0.2) is 29.4 Å². The average Bonchev–Trinajstić information content (AvgIpc) is 3.40. The number of hydrogen-bond acceptors (Lipinski definition) is 9. The molecule has 39 heavy (non-hydrogen) atoms. The minimum absolute atomic E-state index is 0.0112. The molecule has 0 radical (unpaired) electrons. The van der Waals surface area contributed by atoms with Crippen LogP contribution < -0.4 is 10.6 Å². The molecular formula is C27H33N5O5S2. The van der Waals surface area contributed by atoms with Crippen molar-refractivity contribution in [3.8, 4) is 0 Å². The van der Waals surface area contributed by atoms with Gasteiger partial charge in [0.15, 0.2) is 16.8 Å². The van der Waals surface area contributed by atoms with Gasteiger partial charge in [-0.05, 0) is 51.3 Å². The van der Waals surface area contributed by atoms with Gasteiger partial charge in [0.2, 0.25) is 5.91 Å². The molecule has 0 unspecified atom stereocenters. The molecule has 0 saturated carbocycles. The number of carbonyl (C=O) groups is 4. The van der Waals surface area contributed by atoms with Crippen LogP contribution in [0.5, 0.6) is 0 Å². The molecule has 0 spiro atoms. The van der Waals surface area contributed by atoms with Crippen molar-refractivity contribution < 1.29 is 23.9 Å². The molecule has 1 aromatic carbocycles. The number of benzene rings is 1. The number of hydrogen-bond donors (Lipinski definition) is 2. The summed E-state index contributed by atoms with van der Waals surface area (Å²) < 4.78 is 6.88. The predicted molar refractivity (Wildman–Crippen MR) is 152 cm³/mol. The summed E-state index contributed by atoms with van der Waals surface area (Å²) in [6, 6.07) is 6.93. The molecule has 3 rings (SSSR count). The van der Waals surface area contributed by atoms with Crippen molar-refractivity contribution in [3.63, 3.8) is 0 Å². The summed E-state index contributed by atoms with van der Waals surface area (Å²) in [7, 11) is 1.78. The molecule has 0 aliphatic rings. The molecule has 208 valence electrons. The normalized spacial score (nSPS) is 11.8. The third kappa shape index (κ3) is 7.12. The van der Waals surface area contributed by atoms with E-state index in [1.807, 2.05) is 32.9 Å². The largest absolute Gasteiger partial charge is 0.462 e. The molecule has 0 bridgehead atoms. The first kappa shape index (κ1) is 30.0. The molecule has 2 amide bonds. The van der Waals surface area contributed by atoms with Crippen LogP contribution in [0.2, 0.25) is 0 Å². The van der Waals surface area contributed by atoms with Gasteiger partial charge in [0.1, 0.15) is 5.00 Å². The van der Waals surface area contributed by atoms with Crippen molar-refractivity contribution in [2.75, 3.05) is 17.7 Å². The third-order valence-electron chi connectivity index (χ3n) is 5.95. The smallest absolute Gasteiger partial charge is 0.341 e. The van der Waals surface area contributed by atoms with Crippen molar-refractivity contribution >= 4 is 51.7 Å². The number of nitrogens with zero attached hydrogens (tertiary/aromatic N) is 3. The molecule has 3 aromatic rings. The molecule has 1 atom stereocenters. The summed E-state index contributed by atoms with van der Waals surface area (Å²) in [6.45, 7) is 10.9. The fourth-order valence-electron chi connectivity index (χ4n) is 3.86. The molecule has 0 saturated heterocycles. The number of aryl methyl sites for hydroxylation is 1. The Labute approximate surface area is 235 Å². The number of aromatic nitrogens is 3. The zero-order valence-corrected chi connectivity index (χ0v) is 24.7. The van der Waals surface area contributed by atoms with E-state index in [4.69, 9.17) is 4.74 Å². The number of rotatable bonds is 11. The highest BCUT2D eigenvalue weighted by molar-refractivity contribution is 7.99. The Morgan fingerprint density at radius 3 is 2.36 bits per heavy atom. The lowest BCUT2D eigenvalue weighted by atomic mass is 10.0. The van der Waals surface area contributed by atoms with Gasteiger partial charge in [-0.2, -0.15) is 0 Å². The van der Waals surface area contributed by atoms with E-state index in [9.17, 15) is 19.2 Å². The first-order valence-electron chi connectivity index (χ1n) is 12.4. The van der Waals surface area contributed by atoms with Crippen molar-refractivity contribution in [1.29, 1.82) is 0 Å². The quantitative estimate of drug-likeness (QED) is 0.192. The van der Waals surface area contributed by atoms with Gasteiger partial charge in [0.05, 0.1) is 28.8 Å². The number of nitrogens with one attached hydrogen (secondary N) is 2. The molecule has 10 nitrogen and oxygen atoms in total. The van der Waals surface area contributed by atoms with E-state index >= 15 is 0 Å². The van der Waals surface area contributed by atoms with E-state index in [1.54, 1.807) is 37.6 Å². The average molecular weight is 572 g/mol. The first-order chi connectivity index (χ1) is 18.4. The second-order valence-electron chi connectivity index (χ2n) is 9.33. The third-order valence-corrected chi connectivity index (χ3v) is 8.27. The number of ether oxygens (including phenoxy) is 1. The zero-order valence-electron chi connectivity index (χ0n) is 23.1. The summed E-state index contributed by atoms with van der Waals surface area (Å²) in [4.78, 5) is 50.6. The van der Waals surface area contributed by atoms with Crippen LogP contribution in [0.4, 0.5) is 5.00 Å². The van der Waals surface area contributed by atoms with Crippen molar-refractivity contribution in [3.05, 3.63) is 57.2 Å². The highest BCUT2D eigenvalue weighted by Gasteiger charge is 2.27. The molecular weight excluding hydrogens is 538 g/mol. The van der Waals surface area contributed by atoms with Crippen molar-refractivity contribution in [2.24, 2.45) is 13.0 Å². The minimum Gasteiger partial charge on any atom is -0.462 e. The summed E-state index contributed by atoms with van der Waals surface area (Å²) in [6.07, 6.45) is 0. The Hall–Kier alpha value is -3.51. The van der Waals surface area contributed by atoms with Crippen LogP contribution in [0.3, 0.4) is 0 Å². The van der Waals surface area contributed by atoms with Gasteiger partial charge in [-0.1, -0.05) is 43.3 Å². The fraction of sp³-hybridized carbons (Fsp3) is 0.407. The summed E-state index contributed by atoms with van der Waals surface area (Å²) >= 11 is 2.22. The number of carbonyl (C=O) groups excluding carboxylic acids is 4. The Bertz CT molecular complexity index is 1380. The maximum absolute atomic E-state index is 12.9. The number of anilines is 1. The van der Waals surface area contributed by atoms with Crippen LogP contribution in [0, 0.1) is 19.8 Å². The van der Waals surface area contributed by atoms with Crippen LogP contribution >= 0.6 is 23.1 Å². The van der Waals surface area contributed by atoms with Crippen molar-refractivity contribution in [1.82, 2.24) is 20.1 Å². The van der Waals surface area contributed by atoms with Crippen LogP contribution in [-0.2, 0) is 16.6 Å². The van der Waals surface area contributed by atoms with E-state index in [1.165, 1.54) is 18.7 Å². The second kappa shape index (κ2) is 13.0. The molecule has 2 heterocycles. The van der Waals surface area contributed by atoms with Gasteiger partial charge >= 0.3 is 5.97 Å². The highest BCUT2D eigenvalue weighted by atomic mass is 32.2. The Morgan fingerprint density at radius 1 is 1.10 bits per heavy atom. The zero-order chi connectivity index (χ0) is 28.9. The monoisotopic (exact) mass is 571 g/mol. The maximum Gasteiger partial charge on any atom is 0.341 e. The first-order valence-corrected chi connectivity index (χ1v) is 14.3. The molecule has 0 fully saturated rings. The molecule has 12 heteroatoms. The topological polar surface area (TPSA) is 132 Å². The molecule has 0 aliphatic heterocycles. The SMILES string of the molecule is CCOC(=O)c1c(NC(=O)CSc2nnc([C@@H](NC(=O)c3ccc(C)cc3)C(C)C)n2C)sc(C(C)=O)c1C. The maximum atomic E-state index is 12.9. The lowest BCUT2D eigenvalue weighted by Crippen LogP contribution is -2.33. The number of thioether (sulfide) groups is 1. The van der Waals surface area contributed by atoms with Crippen LogP contribution in [0.25, 0.3) is 0 Å². The highest BCUT2D eigenvalue weighted by Crippen LogP contribution is 2.34. The van der Waals surface area contributed by atoms with Gasteiger partial charge in [-0.15, -0.1) is 21.5 Å². The molecule has 2 aromatic heterocycles. The van der Waals surface area contributed by atoms with Crippen LogP contribution in [0.1, 0.15) is 81.1 Å². The van der Waals surface area contributed by atoms with Gasteiger partial charge in [-0.3, -0.25) is 14.4 Å². The minimum atomic E-state index is -0.591. The lowest BCUT2D eigenvalue weighted by Gasteiger charge is -2.21.